The van der Waals surface area contributed by atoms with Gasteiger partial charge in [-0.3, -0.25) is 19.4 Å². The summed E-state index contributed by atoms with van der Waals surface area (Å²) in [6.07, 6.45) is 1.48. The zero-order chi connectivity index (χ0) is 20.8. The van der Waals surface area contributed by atoms with Crippen molar-refractivity contribution >= 4 is 23.5 Å². The summed E-state index contributed by atoms with van der Waals surface area (Å²) in [6, 6.07) is 5.03. The van der Waals surface area contributed by atoms with E-state index in [9.17, 15) is 14.7 Å². The van der Waals surface area contributed by atoms with Gasteiger partial charge in [0, 0.05) is 6.61 Å². The van der Waals surface area contributed by atoms with Gasteiger partial charge < -0.3 is 19.9 Å². The normalized spacial score (nSPS) is 23.8. The predicted molar refractivity (Wildman–Crippen MR) is 111 cm³/mol. The summed E-state index contributed by atoms with van der Waals surface area (Å²) in [5.74, 6) is 0.949. The SMILES string of the molecule is COc1cc([C@@H]2SCC(=O)Nc3c2c(=O)[nH]n3[C@H]2CCOC(C)(C)C2)ccc1O. The Kier molecular flexibility index (Phi) is 5.12. The molecular weight excluding hydrogens is 394 g/mol. The van der Waals surface area contributed by atoms with Crippen molar-refractivity contribution in [1.29, 1.82) is 0 Å². The summed E-state index contributed by atoms with van der Waals surface area (Å²) in [4.78, 5) is 25.4. The number of benzene rings is 1. The van der Waals surface area contributed by atoms with Crippen LogP contribution in [-0.2, 0) is 9.53 Å². The molecule has 2 atom stereocenters. The average molecular weight is 420 g/mol. The fourth-order valence-corrected chi connectivity index (χ4v) is 5.17. The molecular formula is C20H25N3O5S. The lowest BCUT2D eigenvalue weighted by atomic mass is 9.94. The maximum Gasteiger partial charge on any atom is 0.270 e. The van der Waals surface area contributed by atoms with E-state index in [1.165, 1.54) is 18.9 Å². The highest BCUT2D eigenvalue weighted by atomic mass is 32.2. The van der Waals surface area contributed by atoms with Crippen LogP contribution in [0.5, 0.6) is 11.5 Å². The van der Waals surface area contributed by atoms with Crippen molar-refractivity contribution in [2.75, 3.05) is 24.8 Å². The van der Waals surface area contributed by atoms with E-state index >= 15 is 0 Å². The van der Waals surface area contributed by atoms with Gasteiger partial charge in [-0.15, -0.1) is 11.8 Å². The van der Waals surface area contributed by atoms with Crippen LogP contribution >= 0.6 is 11.8 Å². The summed E-state index contributed by atoms with van der Waals surface area (Å²) < 4.78 is 12.8. The van der Waals surface area contributed by atoms with Crippen molar-refractivity contribution in [3.63, 3.8) is 0 Å². The molecule has 1 saturated heterocycles. The quantitative estimate of drug-likeness (QED) is 0.707. The second-order valence-corrected chi connectivity index (χ2v) is 9.09. The number of amides is 1. The van der Waals surface area contributed by atoms with Gasteiger partial charge >= 0.3 is 0 Å². The number of ether oxygens (including phenoxy) is 2. The maximum atomic E-state index is 13.0. The Morgan fingerprint density at radius 1 is 1.34 bits per heavy atom. The van der Waals surface area contributed by atoms with Crippen molar-refractivity contribution in [3.8, 4) is 11.5 Å². The van der Waals surface area contributed by atoms with Crippen LogP contribution in [-0.4, -0.2) is 45.9 Å². The number of carbonyl (C=O) groups excluding carboxylic acids is 1. The fourth-order valence-electron chi connectivity index (χ4n) is 4.06. The van der Waals surface area contributed by atoms with Crippen LogP contribution in [0.25, 0.3) is 0 Å². The van der Waals surface area contributed by atoms with Crippen molar-refractivity contribution in [2.45, 2.75) is 43.6 Å². The molecule has 0 saturated carbocycles. The van der Waals surface area contributed by atoms with Gasteiger partial charge in [0.2, 0.25) is 5.91 Å². The largest absolute Gasteiger partial charge is 0.504 e. The van der Waals surface area contributed by atoms with Gasteiger partial charge in [-0.25, -0.2) is 0 Å². The van der Waals surface area contributed by atoms with Gasteiger partial charge in [-0.05, 0) is 44.4 Å². The van der Waals surface area contributed by atoms with Crippen LogP contribution in [0, 0.1) is 0 Å². The summed E-state index contributed by atoms with van der Waals surface area (Å²) >= 11 is 1.38. The van der Waals surface area contributed by atoms with Crippen LogP contribution < -0.4 is 15.6 Å². The molecule has 1 fully saturated rings. The molecule has 0 spiro atoms. The first-order chi connectivity index (χ1) is 13.8. The lowest BCUT2D eigenvalue weighted by Gasteiger charge is -2.36. The monoisotopic (exact) mass is 419 g/mol. The Balaban J connectivity index is 1.81. The molecule has 1 aromatic heterocycles. The lowest BCUT2D eigenvalue weighted by Crippen LogP contribution is -2.36. The zero-order valence-electron chi connectivity index (χ0n) is 16.7. The van der Waals surface area contributed by atoms with Crippen LogP contribution in [0.4, 0.5) is 5.82 Å². The van der Waals surface area contributed by atoms with Crippen molar-refractivity contribution in [3.05, 3.63) is 39.7 Å². The number of rotatable bonds is 3. The number of hydrogen-bond acceptors (Lipinski definition) is 6. The number of carbonyl (C=O) groups is 1. The number of nitrogens with one attached hydrogen (secondary N) is 2. The highest BCUT2D eigenvalue weighted by molar-refractivity contribution is 8.00. The van der Waals surface area contributed by atoms with E-state index in [1.807, 2.05) is 13.8 Å². The molecule has 0 bridgehead atoms. The molecule has 3 heterocycles. The van der Waals surface area contributed by atoms with E-state index in [-0.39, 0.29) is 39.9 Å². The van der Waals surface area contributed by atoms with Gasteiger partial charge in [0.05, 0.1) is 35.3 Å². The molecule has 0 aliphatic carbocycles. The summed E-state index contributed by atoms with van der Waals surface area (Å²) in [6.45, 7) is 4.65. The summed E-state index contributed by atoms with van der Waals surface area (Å²) in [5, 5.41) is 15.4. The van der Waals surface area contributed by atoms with E-state index in [4.69, 9.17) is 9.47 Å². The smallest absolute Gasteiger partial charge is 0.270 e. The third kappa shape index (κ3) is 3.76. The number of fused-ring (bicyclic) bond motifs is 1. The number of H-pyrrole nitrogens is 1. The van der Waals surface area contributed by atoms with Gasteiger partial charge in [-0.2, -0.15) is 0 Å². The van der Waals surface area contributed by atoms with E-state index in [0.717, 1.165) is 18.4 Å². The van der Waals surface area contributed by atoms with Gasteiger partial charge in [-0.1, -0.05) is 6.07 Å². The molecule has 9 heteroatoms. The molecule has 29 heavy (non-hydrogen) atoms. The summed E-state index contributed by atoms with van der Waals surface area (Å²) in [7, 11) is 1.48. The number of aromatic hydroxyl groups is 1. The Morgan fingerprint density at radius 2 is 2.14 bits per heavy atom. The molecule has 2 aliphatic rings. The molecule has 4 rings (SSSR count). The number of phenols is 1. The fraction of sp³-hybridized carbons (Fsp3) is 0.500. The first-order valence-corrected chi connectivity index (χ1v) is 10.6. The minimum absolute atomic E-state index is 0.0219. The number of aromatic amines is 1. The number of methoxy groups -OCH3 is 1. The zero-order valence-corrected chi connectivity index (χ0v) is 17.5. The average Bonchev–Trinajstić information content (AvgIpc) is 2.87. The lowest BCUT2D eigenvalue weighted by molar-refractivity contribution is -0.113. The Hall–Kier alpha value is -2.39. The second-order valence-electron chi connectivity index (χ2n) is 8.00. The van der Waals surface area contributed by atoms with Crippen molar-refractivity contribution < 1.29 is 19.4 Å². The van der Waals surface area contributed by atoms with Crippen LogP contribution in [0.2, 0.25) is 0 Å². The third-order valence-corrected chi connectivity index (χ3v) is 6.68. The van der Waals surface area contributed by atoms with Crippen LogP contribution in [0.1, 0.15) is 49.1 Å². The van der Waals surface area contributed by atoms with Gasteiger partial charge in [0.1, 0.15) is 5.82 Å². The first kappa shape index (κ1) is 19.9. The topological polar surface area (TPSA) is 106 Å². The van der Waals surface area contributed by atoms with E-state index in [1.54, 1.807) is 22.9 Å². The van der Waals surface area contributed by atoms with Gasteiger partial charge in [0.15, 0.2) is 11.5 Å². The first-order valence-electron chi connectivity index (χ1n) is 9.56. The number of thioether (sulfide) groups is 1. The number of phenolic OH excluding ortho intramolecular Hbond substituents is 1. The van der Waals surface area contributed by atoms with Crippen LogP contribution in [0.3, 0.4) is 0 Å². The Labute approximate surface area is 172 Å². The van der Waals surface area contributed by atoms with Crippen LogP contribution in [0.15, 0.2) is 23.0 Å². The maximum absolute atomic E-state index is 13.0. The molecule has 2 aliphatic heterocycles. The van der Waals surface area contributed by atoms with E-state index < -0.39 is 0 Å². The number of hydrogen-bond donors (Lipinski definition) is 3. The molecule has 8 nitrogen and oxygen atoms in total. The highest BCUT2D eigenvalue weighted by Crippen LogP contribution is 2.43. The van der Waals surface area contributed by atoms with Gasteiger partial charge in [0.25, 0.3) is 5.56 Å². The molecule has 0 unspecified atom stereocenters. The Bertz CT molecular complexity index is 996. The van der Waals surface area contributed by atoms with E-state index in [0.29, 0.717) is 23.7 Å². The van der Waals surface area contributed by atoms with E-state index in [2.05, 4.69) is 10.4 Å². The number of nitrogens with zero attached hydrogens (tertiary/aromatic N) is 1. The molecule has 156 valence electrons. The minimum atomic E-state index is -0.365. The second kappa shape index (κ2) is 7.46. The molecule has 1 amide bonds. The third-order valence-electron chi connectivity index (χ3n) is 5.41. The molecule has 2 aromatic rings. The number of aromatic nitrogens is 2. The standard InChI is InChI=1S/C20H25N3O5S/c1-20(2)9-12(6-7-28-20)23-18-16(19(26)22-23)17(29-10-15(25)21-18)11-4-5-13(24)14(8-11)27-3/h4-5,8,12,17,24H,6-7,9-10H2,1-3H3,(H,21,25)(H,22,26)/t12-,17-/m0/s1. The number of anilines is 1. The van der Waals surface area contributed by atoms with Crippen molar-refractivity contribution in [1.82, 2.24) is 9.78 Å². The Morgan fingerprint density at radius 3 is 2.86 bits per heavy atom. The summed E-state index contributed by atoms with van der Waals surface area (Å²) in [5.41, 5.74) is 0.774. The molecule has 3 N–H and O–H groups in total. The minimum Gasteiger partial charge on any atom is -0.504 e. The predicted octanol–water partition coefficient (Wildman–Crippen LogP) is 2.80. The molecule has 0 radical (unpaired) electrons. The molecule has 1 aromatic carbocycles. The van der Waals surface area contributed by atoms with Crippen molar-refractivity contribution in [2.24, 2.45) is 0 Å². The highest BCUT2D eigenvalue weighted by Gasteiger charge is 2.36.